The van der Waals surface area contributed by atoms with Crippen LogP contribution in [0, 0.1) is 11.6 Å². The number of hydrogen-bond donors (Lipinski definition) is 1. The standard InChI is InChI=1S/C14H11Br2F2N/c1-19-14(8-2-4-9(15)5-3-8)10-6-13(18)11(16)7-12(10)17/h2-7,14,19H,1H3. The Hall–Kier alpha value is -0.780. The van der Waals surface area contributed by atoms with Crippen molar-refractivity contribution >= 4 is 31.9 Å². The highest BCUT2D eigenvalue weighted by atomic mass is 79.9. The van der Waals surface area contributed by atoms with Gasteiger partial charge in [-0.25, -0.2) is 8.78 Å². The molecule has 1 N–H and O–H groups in total. The van der Waals surface area contributed by atoms with Gasteiger partial charge in [0.15, 0.2) is 0 Å². The third kappa shape index (κ3) is 3.22. The molecule has 2 rings (SSSR count). The van der Waals surface area contributed by atoms with Crippen molar-refractivity contribution in [2.24, 2.45) is 0 Å². The molecule has 0 aliphatic heterocycles. The molecule has 0 radical (unpaired) electrons. The fraction of sp³-hybridized carbons (Fsp3) is 0.143. The fourth-order valence-electron chi connectivity index (χ4n) is 1.92. The second-order valence-corrected chi connectivity index (χ2v) is 5.83. The summed E-state index contributed by atoms with van der Waals surface area (Å²) < 4.78 is 28.6. The number of rotatable bonds is 3. The first-order valence-corrected chi connectivity index (χ1v) is 7.18. The van der Waals surface area contributed by atoms with Crippen LogP contribution >= 0.6 is 31.9 Å². The van der Waals surface area contributed by atoms with E-state index < -0.39 is 17.7 Å². The van der Waals surface area contributed by atoms with E-state index in [-0.39, 0.29) is 10.0 Å². The van der Waals surface area contributed by atoms with Gasteiger partial charge >= 0.3 is 0 Å². The Bertz CT molecular complexity index is 585. The highest BCUT2D eigenvalue weighted by Crippen LogP contribution is 2.28. The molecule has 5 heteroatoms. The maximum atomic E-state index is 14.0. The lowest BCUT2D eigenvalue weighted by atomic mass is 9.98. The van der Waals surface area contributed by atoms with E-state index in [2.05, 4.69) is 37.2 Å². The zero-order chi connectivity index (χ0) is 14.0. The van der Waals surface area contributed by atoms with Crippen molar-refractivity contribution in [1.29, 1.82) is 0 Å². The van der Waals surface area contributed by atoms with Gasteiger partial charge in [0.2, 0.25) is 0 Å². The van der Waals surface area contributed by atoms with Crippen LogP contribution in [0.25, 0.3) is 0 Å². The largest absolute Gasteiger partial charge is 0.309 e. The number of nitrogens with one attached hydrogen (secondary N) is 1. The predicted molar refractivity (Wildman–Crippen MR) is 79.1 cm³/mol. The van der Waals surface area contributed by atoms with Gasteiger partial charge in [-0.2, -0.15) is 0 Å². The Morgan fingerprint density at radius 1 is 1.00 bits per heavy atom. The van der Waals surface area contributed by atoms with Gasteiger partial charge in [0, 0.05) is 10.0 Å². The lowest BCUT2D eigenvalue weighted by Crippen LogP contribution is -2.19. The number of hydrogen-bond acceptors (Lipinski definition) is 1. The first kappa shape index (κ1) is 14.6. The van der Waals surface area contributed by atoms with E-state index >= 15 is 0 Å². The SMILES string of the molecule is CNC(c1ccc(Br)cc1)c1cc(F)c(Br)cc1F. The molecule has 1 unspecified atom stereocenters. The second kappa shape index (κ2) is 6.11. The maximum Gasteiger partial charge on any atom is 0.137 e. The summed E-state index contributed by atoms with van der Waals surface area (Å²) in [4.78, 5) is 0. The van der Waals surface area contributed by atoms with Crippen LogP contribution in [-0.4, -0.2) is 7.05 Å². The Morgan fingerprint density at radius 3 is 2.21 bits per heavy atom. The van der Waals surface area contributed by atoms with Gasteiger partial charge in [-0.1, -0.05) is 28.1 Å². The van der Waals surface area contributed by atoms with Crippen LogP contribution in [-0.2, 0) is 0 Å². The molecule has 0 spiro atoms. The minimum Gasteiger partial charge on any atom is -0.309 e. The van der Waals surface area contributed by atoms with Crippen molar-refractivity contribution < 1.29 is 8.78 Å². The molecule has 19 heavy (non-hydrogen) atoms. The van der Waals surface area contributed by atoms with Crippen LogP contribution in [0.4, 0.5) is 8.78 Å². The molecule has 0 heterocycles. The average Bonchev–Trinajstić information content (AvgIpc) is 2.38. The Morgan fingerprint density at radius 2 is 1.63 bits per heavy atom. The van der Waals surface area contributed by atoms with E-state index in [0.717, 1.165) is 16.1 Å². The molecule has 0 aromatic heterocycles. The molecule has 0 amide bonds. The van der Waals surface area contributed by atoms with Gasteiger partial charge in [-0.15, -0.1) is 0 Å². The molecular formula is C14H11Br2F2N. The van der Waals surface area contributed by atoms with Crippen LogP contribution < -0.4 is 5.32 Å². The molecule has 1 nitrogen and oxygen atoms in total. The molecule has 0 saturated carbocycles. The van der Waals surface area contributed by atoms with E-state index in [1.165, 1.54) is 6.07 Å². The Labute approximate surface area is 127 Å². The van der Waals surface area contributed by atoms with Crippen LogP contribution in [0.15, 0.2) is 45.3 Å². The molecule has 0 aliphatic rings. The highest BCUT2D eigenvalue weighted by Gasteiger charge is 2.18. The molecule has 0 bridgehead atoms. The molecule has 0 fully saturated rings. The fourth-order valence-corrected chi connectivity index (χ4v) is 2.50. The highest BCUT2D eigenvalue weighted by molar-refractivity contribution is 9.10. The summed E-state index contributed by atoms with van der Waals surface area (Å²) in [6, 6.07) is 9.43. The van der Waals surface area contributed by atoms with Gasteiger partial charge < -0.3 is 5.32 Å². The van der Waals surface area contributed by atoms with Gasteiger partial charge in [-0.05, 0) is 52.8 Å². The Kier molecular flexibility index (Phi) is 4.71. The molecular weight excluding hydrogens is 380 g/mol. The smallest absolute Gasteiger partial charge is 0.137 e. The van der Waals surface area contributed by atoms with E-state index in [0.29, 0.717) is 0 Å². The lowest BCUT2D eigenvalue weighted by molar-refractivity contribution is 0.555. The molecule has 100 valence electrons. The summed E-state index contributed by atoms with van der Waals surface area (Å²) in [7, 11) is 1.71. The van der Waals surface area contributed by atoms with E-state index in [4.69, 9.17) is 0 Å². The van der Waals surface area contributed by atoms with Crippen molar-refractivity contribution in [3.63, 3.8) is 0 Å². The minimum absolute atomic E-state index is 0.124. The minimum atomic E-state index is -0.478. The molecule has 0 saturated heterocycles. The zero-order valence-corrected chi connectivity index (χ0v) is 13.2. The maximum absolute atomic E-state index is 14.0. The third-order valence-corrected chi connectivity index (χ3v) is 3.98. The van der Waals surface area contributed by atoms with E-state index in [1.54, 1.807) is 7.05 Å². The summed E-state index contributed by atoms with van der Waals surface area (Å²) in [5.74, 6) is -0.927. The normalized spacial score (nSPS) is 12.5. The van der Waals surface area contributed by atoms with E-state index in [1.807, 2.05) is 24.3 Å². The van der Waals surface area contributed by atoms with Crippen molar-refractivity contribution in [1.82, 2.24) is 5.32 Å². The van der Waals surface area contributed by atoms with Gasteiger partial charge in [0.25, 0.3) is 0 Å². The summed E-state index contributed by atoms with van der Waals surface area (Å²) in [5.41, 5.74) is 1.15. The summed E-state index contributed by atoms with van der Waals surface area (Å²) >= 11 is 6.32. The number of halogens is 4. The quantitative estimate of drug-likeness (QED) is 0.742. The number of benzene rings is 2. The Balaban J connectivity index is 2.47. The van der Waals surface area contributed by atoms with Crippen molar-refractivity contribution in [2.75, 3.05) is 7.05 Å². The van der Waals surface area contributed by atoms with Crippen LogP contribution in [0.3, 0.4) is 0 Å². The van der Waals surface area contributed by atoms with Crippen LogP contribution in [0.5, 0.6) is 0 Å². The molecule has 2 aromatic rings. The van der Waals surface area contributed by atoms with Crippen molar-refractivity contribution in [3.8, 4) is 0 Å². The predicted octanol–water partition coefficient (Wildman–Crippen LogP) is 4.80. The molecule has 2 aromatic carbocycles. The van der Waals surface area contributed by atoms with Gasteiger partial charge in [-0.3, -0.25) is 0 Å². The summed E-state index contributed by atoms with van der Waals surface area (Å²) in [6.07, 6.45) is 0. The third-order valence-electron chi connectivity index (χ3n) is 2.84. The van der Waals surface area contributed by atoms with Crippen molar-refractivity contribution in [2.45, 2.75) is 6.04 Å². The van der Waals surface area contributed by atoms with Crippen LogP contribution in [0.1, 0.15) is 17.2 Å². The van der Waals surface area contributed by atoms with Gasteiger partial charge in [0.05, 0.1) is 10.5 Å². The molecule has 1 atom stereocenters. The van der Waals surface area contributed by atoms with Crippen LogP contribution in [0.2, 0.25) is 0 Å². The van der Waals surface area contributed by atoms with Crippen molar-refractivity contribution in [3.05, 3.63) is 68.1 Å². The zero-order valence-electron chi connectivity index (χ0n) is 10.1. The average molecular weight is 391 g/mol. The molecule has 0 aliphatic carbocycles. The summed E-state index contributed by atoms with van der Waals surface area (Å²) in [6.45, 7) is 0. The first-order valence-electron chi connectivity index (χ1n) is 5.60. The lowest BCUT2D eigenvalue weighted by Gasteiger charge is -2.18. The second-order valence-electron chi connectivity index (χ2n) is 4.06. The summed E-state index contributed by atoms with van der Waals surface area (Å²) in [5, 5.41) is 3.00. The van der Waals surface area contributed by atoms with E-state index in [9.17, 15) is 8.78 Å². The van der Waals surface area contributed by atoms with Gasteiger partial charge in [0.1, 0.15) is 11.6 Å². The topological polar surface area (TPSA) is 12.0 Å². The first-order chi connectivity index (χ1) is 9.02. The monoisotopic (exact) mass is 389 g/mol.